The van der Waals surface area contributed by atoms with Gasteiger partial charge in [-0.15, -0.1) is 0 Å². The molecule has 0 saturated carbocycles. The van der Waals surface area contributed by atoms with Gasteiger partial charge in [-0.05, 0) is 73.4 Å². The Labute approximate surface area is 248 Å². The van der Waals surface area contributed by atoms with Crippen molar-refractivity contribution < 1.29 is 22.7 Å². The van der Waals surface area contributed by atoms with Crippen LogP contribution in [0.1, 0.15) is 44.2 Å². The molecule has 0 aliphatic carbocycles. The molecule has 220 valence electrons. The third-order valence-corrected chi connectivity index (χ3v) is 8.82. The fourth-order valence-electron chi connectivity index (χ4n) is 4.44. The number of benzene rings is 3. The number of ether oxygens (including phenoxy) is 1. The number of halogens is 1. The topological polar surface area (TPSA) is 96.0 Å². The normalized spacial score (nSPS) is 11.9. The third kappa shape index (κ3) is 8.24. The van der Waals surface area contributed by atoms with Crippen LogP contribution < -0.4 is 14.4 Å². The summed E-state index contributed by atoms with van der Waals surface area (Å²) >= 11 is 6.02. The summed E-state index contributed by atoms with van der Waals surface area (Å²) in [6.45, 7) is 5.77. The third-order valence-electron chi connectivity index (χ3n) is 6.79. The highest BCUT2D eigenvalue weighted by Crippen LogP contribution is 2.28. The Bertz CT molecular complexity index is 1410. The largest absolute Gasteiger partial charge is 0.497 e. The fraction of sp³-hybridized carbons (Fsp3) is 0.355. The predicted molar refractivity (Wildman–Crippen MR) is 163 cm³/mol. The van der Waals surface area contributed by atoms with Crippen LogP contribution >= 0.6 is 11.6 Å². The van der Waals surface area contributed by atoms with Gasteiger partial charge in [0.1, 0.15) is 18.3 Å². The Balaban J connectivity index is 2.04. The molecule has 0 fully saturated rings. The molecule has 0 heterocycles. The quantitative estimate of drug-likeness (QED) is 0.244. The van der Waals surface area contributed by atoms with E-state index in [1.54, 1.807) is 50.4 Å². The Hall–Kier alpha value is -3.56. The molecule has 0 aromatic heterocycles. The summed E-state index contributed by atoms with van der Waals surface area (Å²) in [5, 5.41) is 3.33. The van der Waals surface area contributed by atoms with Gasteiger partial charge < -0.3 is 15.0 Å². The van der Waals surface area contributed by atoms with Gasteiger partial charge in [-0.2, -0.15) is 0 Å². The lowest BCUT2D eigenvalue weighted by Gasteiger charge is -2.33. The number of sulfonamides is 1. The molecule has 10 heteroatoms. The van der Waals surface area contributed by atoms with Gasteiger partial charge in [-0.3, -0.25) is 13.9 Å². The lowest BCUT2D eigenvalue weighted by Crippen LogP contribution is -2.52. The summed E-state index contributed by atoms with van der Waals surface area (Å²) < 4.78 is 34.3. The van der Waals surface area contributed by atoms with E-state index in [0.717, 1.165) is 22.7 Å². The second kappa shape index (κ2) is 14.9. The van der Waals surface area contributed by atoms with Crippen LogP contribution in [0.15, 0.2) is 77.7 Å². The number of unbranched alkanes of at least 4 members (excludes halogenated alkanes) is 1. The van der Waals surface area contributed by atoms with E-state index in [2.05, 4.69) is 5.32 Å². The predicted octanol–water partition coefficient (Wildman–Crippen LogP) is 5.58. The van der Waals surface area contributed by atoms with Crippen molar-refractivity contribution in [3.05, 3.63) is 88.9 Å². The van der Waals surface area contributed by atoms with Gasteiger partial charge >= 0.3 is 0 Å². The van der Waals surface area contributed by atoms with Gasteiger partial charge in [-0.1, -0.05) is 62.2 Å². The highest BCUT2D eigenvalue weighted by Gasteiger charge is 2.34. The van der Waals surface area contributed by atoms with E-state index in [-0.39, 0.29) is 17.3 Å². The number of amides is 2. The number of rotatable bonds is 14. The van der Waals surface area contributed by atoms with Gasteiger partial charge in [-0.25, -0.2) is 8.42 Å². The maximum absolute atomic E-state index is 14.1. The van der Waals surface area contributed by atoms with Gasteiger partial charge in [0.05, 0.1) is 17.7 Å². The first-order valence-corrected chi connectivity index (χ1v) is 15.5. The van der Waals surface area contributed by atoms with Gasteiger partial charge in [0.25, 0.3) is 10.0 Å². The molecule has 0 aliphatic rings. The number of anilines is 1. The van der Waals surface area contributed by atoms with E-state index in [4.69, 9.17) is 16.3 Å². The highest BCUT2D eigenvalue weighted by atomic mass is 35.5. The highest BCUT2D eigenvalue weighted by molar-refractivity contribution is 7.92. The zero-order chi connectivity index (χ0) is 30.0. The first kappa shape index (κ1) is 32.0. The fourth-order valence-corrected chi connectivity index (χ4v) is 6.05. The molecule has 0 spiro atoms. The minimum Gasteiger partial charge on any atom is -0.497 e. The molecule has 0 saturated heterocycles. The Kier molecular flexibility index (Phi) is 11.6. The molecule has 1 atom stereocenters. The second-order valence-corrected chi connectivity index (χ2v) is 12.0. The van der Waals surface area contributed by atoms with Crippen molar-refractivity contribution in [3.8, 4) is 5.75 Å². The lowest BCUT2D eigenvalue weighted by molar-refractivity contribution is -0.140. The lowest BCUT2D eigenvalue weighted by atomic mass is 10.1. The molecule has 3 aromatic rings. The van der Waals surface area contributed by atoms with Crippen molar-refractivity contribution in [2.75, 3.05) is 24.5 Å². The van der Waals surface area contributed by atoms with Crippen LogP contribution in [0.3, 0.4) is 0 Å². The molecule has 0 aliphatic heterocycles. The van der Waals surface area contributed by atoms with Crippen molar-refractivity contribution >= 4 is 39.1 Å². The summed E-state index contributed by atoms with van der Waals surface area (Å²) in [5.41, 5.74) is 1.84. The maximum atomic E-state index is 14.1. The van der Waals surface area contributed by atoms with Gasteiger partial charge in [0, 0.05) is 18.1 Å². The number of hydrogen-bond donors (Lipinski definition) is 1. The number of aryl methyl sites for hydroxylation is 1. The minimum absolute atomic E-state index is 0.00371. The monoisotopic (exact) mass is 599 g/mol. The molecule has 0 radical (unpaired) electrons. The Morgan fingerprint density at radius 2 is 1.63 bits per heavy atom. The Morgan fingerprint density at radius 3 is 2.22 bits per heavy atom. The second-order valence-electron chi connectivity index (χ2n) is 9.69. The number of carbonyl (C=O) groups excluding carboxylic acids is 2. The summed E-state index contributed by atoms with van der Waals surface area (Å²) in [7, 11) is -2.59. The molecule has 0 unspecified atom stereocenters. The van der Waals surface area contributed by atoms with Crippen LogP contribution in [0.4, 0.5) is 5.69 Å². The number of nitrogens with one attached hydrogen (secondary N) is 1. The molecule has 3 aromatic carbocycles. The van der Waals surface area contributed by atoms with E-state index in [1.165, 1.54) is 29.2 Å². The summed E-state index contributed by atoms with van der Waals surface area (Å²) in [4.78, 5) is 28.9. The number of methoxy groups -OCH3 is 1. The number of nitrogens with zero attached hydrogens (tertiary/aromatic N) is 2. The summed E-state index contributed by atoms with van der Waals surface area (Å²) in [6.07, 6.45) is 2.09. The standard InChI is InChI=1S/C31H38ClN3O5S/c1-5-7-20-33-31(37)28(6-2)34(21-24-12-16-26(40-4)17-13-24)30(36)22-35(29-11-9-8-10-23(29)3)41(38,39)27-18-14-25(32)15-19-27/h8-19,28H,5-7,20-22H2,1-4H3,(H,33,37)/t28-/m1/s1. The van der Waals surface area contributed by atoms with E-state index < -0.39 is 28.5 Å². The molecule has 1 N–H and O–H groups in total. The van der Waals surface area contributed by atoms with Crippen LogP contribution in [0, 0.1) is 6.92 Å². The average molecular weight is 600 g/mol. The van der Waals surface area contributed by atoms with Gasteiger partial charge in [0.2, 0.25) is 11.8 Å². The molecular weight excluding hydrogens is 562 g/mol. The van der Waals surface area contributed by atoms with E-state index >= 15 is 0 Å². The van der Waals surface area contributed by atoms with E-state index in [9.17, 15) is 18.0 Å². The zero-order valence-corrected chi connectivity index (χ0v) is 25.5. The first-order valence-electron chi connectivity index (χ1n) is 13.7. The first-order chi connectivity index (χ1) is 19.6. The average Bonchev–Trinajstić information content (AvgIpc) is 2.96. The molecular formula is C31H38ClN3O5S. The molecule has 41 heavy (non-hydrogen) atoms. The zero-order valence-electron chi connectivity index (χ0n) is 24.0. The van der Waals surface area contributed by atoms with Crippen molar-refractivity contribution in [3.63, 3.8) is 0 Å². The smallest absolute Gasteiger partial charge is 0.264 e. The Morgan fingerprint density at radius 1 is 0.976 bits per heavy atom. The van der Waals surface area contributed by atoms with Crippen molar-refractivity contribution in [1.82, 2.24) is 10.2 Å². The SMILES string of the molecule is CCCCNC(=O)[C@@H](CC)N(Cc1ccc(OC)cc1)C(=O)CN(c1ccccc1C)S(=O)(=O)c1ccc(Cl)cc1. The van der Waals surface area contributed by atoms with Crippen LogP contribution in [-0.2, 0) is 26.2 Å². The number of carbonyl (C=O) groups is 2. The number of hydrogen-bond acceptors (Lipinski definition) is 5. The van der Waals surface area contributed by atoms with Crippen LogP contribution in [-0.4, -0.2) is 51.4 Å². The molecule has 8 nitrogen and oxygen atoms in total. The van der Waals surface area contributed by atoms with Crippen LogP contribution in [0.2, 0.25) is 5.02 Å². The molecule has 2 amide bonds. The summed E-state index contributed by atoms with van der Waals surface area (Å²) in [6, 6.07) is 19.2. The number of para-hydroxylation sites is 1. The van der Waals surface area contributed by atoms with Crippen molar-refractivity contribution in [1.29, 1.82) is 0 Å². The van der Waals surface area contributed by atoms with E-state index in [0.29, 0.717) is 35.0 Å². The summed E-state index contributed by atoms with van der Waals surface area (Å²) in [5.74, 6) is -0.110. The molecule has 0 bridgehead atoms. The molecule has 3 rings (SSSR count). The van der Waals surface area contributed by atoms with Gasteiger partial charge in [0.15, 0.2) is 0 Å². The van der Waals surface area contributed by atoms with Crippen LogP contribution in [0.25, 0.3) is 0 Å². The maximum Gasteiger partial charge on any atom is 0.264 e. The van der Waals surface area contributed by atoms with Crippen molar-refractivity contribution in [2.24, 2.45) is 0 Å². The van der Waals surface area contributed by atoms with Crippen molar-refractivity contribution in [2.45, 2.75) is 57.5 Å². The minimum atomic E-state index is -4.16. The van der Waals surface area contributed by atoms with Crippen LogP contribution in [0.5, 0.6) is 5.75 Å². The van der Waals surface area contributed by atoms with E-state index in [1.807, 2.05) is 26.0 Å².